The van der Waals surface area contributed by atoms with Crippen LogP contribution in [-0.2, 0) is 16.2 Å². The molecule has 0 fully saturated rings. The van der Waals surface area contributed by atoms with Crippen molar-refractivity contribution in [1.82, 2.24) is 4.72 Å². The first-order chi connectivity index (χ1) is 8.58. The van der Waals surface area contributed by atoms with Crippen LogP contribution in [0.1, 0.15) is 12.5 Å². The smallest absolute Gasteiger partial charge is 0.329 e. The number of halogens is 4. The van der Waals surface area contributed by atoms with Gasteiger partial charge in [-0.25, -0.2) is 13.1 Å². The van der Waals surface area contributed by atoms with Crippen molar-refractivity contribution in [2.24, 2.45) is 5.73 Å². The molecule has 4 nitrogen and oxygen atoms in total. The van der Waals surface area contributed by atoms with Gasteiger partial charge in [0.25, 0.3) is 0 Å². The maximum absolute atomic E-state index is 12.8. The van der Waals surface area contributed by atoms with E-state index in [2.05, 4.69) is 20.7 Å². The molecule has 108 valence electrons. The fourth-order valence-corrected chi connectivity index (χ4v) is 3.16. The van der Waals surface area contributed by atoms with Crippen LogP contribution in [0.15, 0.2) is 27.6 Å². The third kappa shape index (κ3) is 4.16. The fourth-order valence-electron chi connectivity index (χ4n) is 1.33. The first-order valence-corrected chi connectivity index (χ1v) is 7.44. The first-order valence-electron chi connectivity index (χ1n) is 5.17. The average molecular weight is 361 g/mol. The Balaban J connectivity index is 3.35. The molecule has 0 amide bonds. The van der Waals surface area contributed by atoms with Crippen molar-refractivity contribution in [2.45, 2.75) is 24.0 Å². The van der Waals surface area contributed by atoms with Crippen LogP contribution in [0.5, 0.6) is 0 Å². The quantitative estimate of drug-likeness (QED) is 0.863. The number of sulfonamides is 1. The lowest BCUT2D eigenvalue weighted by Gasteiger charge is -2.16. The molecule has 0 unspecified atom stereocenters. The highest BCUT2D eigenvalue weighted by Crippen LogP contribution is 2.35. The molecule has 0 aromatic heterocycles. The summed E-state index contributed by atoms with van der Waals surface area (Å²) in [6.07, 6.45) is -4.76. The largest absolute Gasteiger partial charge is 0.417 e. The van der Waals surface area contributed by atoms with Crippen molar-refractivity contribution in [3.8, 4) is 0 Å². The van der Waals surface area contributed by atoms with E-state index in [9.17, 15) is 21.6 Å². The zero-order valence-corrected chi connectivity index (χ0v) is 12.2. The van der Waals surface area contributed by atoms with Crippen molar-refractivity contribution in [2.75, 3.05) is 6.54 Å². The van der Waals surface area contributed by atoms with Crippen molar-refractivity contribution in [3.05, 3.63) is 28.2 Å². The second-order valence-corrected chi connectivity index (χ2v) is 6.49. The second-order valence-electron chi connectivity index (χ2n) is 3.90. The Morgan fingerprint density at radius 1 is 1.42 bits per heavy atom. The van der Waals surface area contributed by atoms with E-state index in [4.69, 9.17) is 5.73 Å². The van der Waals surface area contributed by atoms with Crippen LogP contribution in [0.4, 0.5) is 13.2 Å². The van der Waals surface area contributed by atoms with Crippen LogP contribution in [0.3, 0.4) is 0 Å². The van der Waals surface area contributed by atoms with Gasteiger partial charge in [-0.1, -0.05) is 15.9 Å². The summed E-state index contributed by atoms with van der Waals surface area (Å²) in [6, 6.07) is 2.20. The fraction of sp³-hybridized carbons (Fsp3) is 0.400. The maximum Gasteiger partial charge on any atom is 0.417 e. The molecule has 0 spiro atoms. The predicted octanol–water partition coefficient (Wildman–Crippen LogP) is 2.09. The molecule has 0 saturated carbocycles. The molecule has 0 heterocycles. The average Bonchev–Trinajstić information content (AvgIpc) is 2.26. The van der Waals surface area contributed by atoms with Crippen LogP contribution in [0.2, 0.25) is 0 Å². The van der Waals surface area contributed by atoms with E-state index in [1.165, 1.54) is 13.0 Å². The number of benzene rings is 1. The standard InChI is InChI=1S/C10H12BrF3N2O2S/c1-6(5-15)16-19(17,18)9-3-2-7(11)4-8(9)10(12,13)14/h2-4,6,16H,5,15H2,1H3/t6-/m0/s1. The molecule has 1 atom stereocenters. The third-order valence-corrected chi connectivity index (χ3v) is 4.39. The molecule has 1 aromatic carbocycles. The predicted molar refractivity (Wildman–Crippen MR) is 68.0 cm³/mol. The van der Waals surface area contributed by atoms with Crippen LogP contribution in [-0.4, -0.2) is 21.0 Å². The van der Waals surface area contributed by atoms with Gasteiger partial charge >= 0.3 is 6.18 Å². The van der Waals surface area contributed by atoms with Gasteiger partial charge in [-0.2, -0.15) is 13.2 Å². The lowest BCUT2D eigenvalue weighted by molar-refractivity contribution is -0.139. The summed E-state index contributed by atoms with van der Waals surface area (Å²) < 4.78 is 64.5. The lowest BCUT2D eigenvalue weighted by Crippen LogP contribution is -2.38. The van der Waals surface area contributed by atoms with E-state index >= 15 is 0 Å². The van der Waals surface area contributed by atoms with E-state index in [0.717, 1.165) is 12.1 Å². The summed E-state index contributed by atoms with van der Waals surface area (Å²) in [4.78, 5) is -0.816. The number of alkyl halides is 3. The van der Waals surface area contributed by atoms with Gasteiger partial charge in [-0.05, 0) is 25.1 Å². The van der Waals surface area contributed by atoms with E-state index in [1.54, 1.807) is 0 Å². The summed E-state index contributed by atoms with van der Waals surface area (Å²) in [5.74, 6) is 0. The summed E-state index contributed by atoms with van der Waals surface area (Å²) >= 11 is 2.88. The highest BCUT2D eigenvalue weighted by atomic mass is 79.9. The SMILES string of the molecule is C[C@@H](CN)NS(=O)(=O)c1ccc(Br)cc1C(F)(F)F. The van der Waals surface area contributed by atoms with E-state index < -0.39 is 32.7 Å². The van der Waals surface area contributed by atoms with E-state index in [-0.39, 0.29) is 11.0 Å². The minimum Gasteiger partial charge on any atom is -0.329 e. The second kappa shape index (κ2) is 5.78. The number of hydrogen-bond acceptors (Lipinski definition) is 3. The van der Waals surface area contributed by atoms with Gasteiger partial charge in [-0.15, -0.1) is 0 Å². The zero-order valence-electron chi connectivity index (χ0n) is 9.83. The Morgan fingerprint density at radius 2 is 2.00 bits per heavy atom. The first kappa shape index (κ1) is 16.4. The number of rotatable bonds is 4. The highest BCUT2D eigenvalue weighted by molar-refractivity contribution is 9.10. The van der Waals surface area contributed by atoms with Gasteiger partial charge in [0.15, 0.2) is 0 Å². The molecular formula is C10H12BrF3N2O2S. The summed E-state index contributed by atoms with van der Waals surface area (Å²) in [5.41, 5.74) is 4.03. The monoisotopic (exact) mass is 360 g/mol. The minimum absolute atomic E-state index is 0.0168. The molecule has 1 rings (SSSR count). The summed E-state index contributed by atoms with van der Waals surface area (Å²) in [6.45, 7) is 1.45. The summed E-state index contributed by atoms with van der Waals surface area (Å²) in [7, 11) is -4.27. The normalized spacial score (nSPS) is 14.4. The topological polar surface area (TPSA) is 72.2 Å². The Bertz CT molecular complexity index is 560. The van der Waals surface area contributed by atoms with Crippen molar-refractivity contribution < 1.29 is 21.6 Å². The molecule has 9 heteroatoms. The maximum atomic E-state index is 12.8. The molecule has 0 radical (unpaired) electrons. The van der Waals surface area contributed by atoms with Crippen LogP contribution in [0.25, 0.3) is 0 Å². The summed E-state index contributed by atoms with van der Waals surface area (Å²) in [5, 5.41) is 0. The number of nitrogens with two attached hydrogens (primary N) is 1. The third-order valence-electron chi connectivity index (χ3n) is 2.25. The molecule has 19 heavy (non-hydrogen) atoms. The van der Waals surface area contributed by atoms with Gasteiger partial charge in [0.1, 0.15) is 0 Å². The molecular weight excluding hydrogens is 349 g/mol. The van der Waals surface area contributed by atoms with Gasteiger partial charge in [0.05, 0.1) is 10.5 Å². The molecule has 0 aliphatic rings. The van der Waals surface area contributed by atoms with E-state index in [1.807, 2.05) is 0 Å². The molecule has 0 saturated heterocycles. The number of nitrogens with one attached hydrogen (secondary N) is 1. The van der Waals surface area contributed by atoms with Crippen molar-refractivity contribution in [3.63, 3.8) is 0 Å². The van der Waals surface area contributed by atoms with Crippen LogP contribution >= 0.6 is 15.9 Å². The van der Waals surface area contributed by atoms with Gasteiger partial charge in [0.2, 0.25) is 10.0 Å². The Morgan fingerprint density at radius 3 is 2.47 bits per heavy atom. The van der Waals surface area contributed by atoms with E-state index in [0.29, 0.717) is 0 Å². The van der Waals surface area contributed by atoms with Gasteiger partial charge in [0, 0.05) is 17.1 Å². The van der Waals surface area contributed by atoms with Crippen LogP contribution < -0.4 is 10.5 Å². The van der Waals surface area contributed by atoms with Crippen molar-refractivity contribution in [1.29, 1.82) is 0 Å². The Hall–Kier alpha value is -0.640. The van der Waals surface area contributed by atoms with Crippen molar-refractivity contribution >= 4 is 26.0 Å². The molecule has 3 N–H and O–H groups in total. The molecule has 0 bridgehead atoms. The number of hydrogen-bond donors (Lipinski definition) is 2. The molecule has 1 aromatic rings. The highest BCUT2D eigenvalue weighted by Gasteiger charge is 2.37. The van der Waals surface area contributed by atoms with Gasteiger partial charge < -0.3 is 5.73 Å². The van der Waals surface area contributed by atoms with Crippen LogP contribution in [0, 0.1) is 0 Å². The molecule has 0 aliphatic heterocycles. The van der Waals surface area contributed by atoms with Gasteiger partial charge in [-0.3, -0.25) is 0 Å². The zero-order chi connectivity index (χ0) is 14.8. The molecule has 0 aliphatic carbocycles. The lowest BCUT2D eigenvalue weighted by atomic mass is 10.2. The Kier molecular flexibility index (Phi) is 4.99. The minimum atomic E-state index is -4.76. The Labute approximate surface area is 117 Å².